The molecule has 0 aliphatic carbocycles. The van der Waals surface area contributed by atoms with Gasteiger partial charge in [-0.2, -0.15) is 0 Å². The molecule has 0 radical (unpaired) electrons. The van der Waals surface area contributed by atoms with Gasteiger partial charge in [-0.15, -0.1) is 0 Å². The maximum absolute atomic E-state index is 13.7. The molecule has 2 unspecified atom stereocenters. The Morgan fingerprint density at radius 1 is 0.889 bits per heavy atom. The van der Waals surface area contributed by atoms with E-state index in [9.17, 15) is 13.2 Å². The topological polar surface area (TPSA) is 54.5 Å². The second-order valence-electron chi connectivity index (χ2n) is 7.81. The van der Waals surface area contributed by atoms with Crippen molar-refractivity contribution >= 4 is 15.7 Å². The largest absolute Gasteiger partial charge is 0.336 e. The number of carbonyl (C=O) groups is 1. The summed E-state index contributed by atoms with van der Waals surface area (Å²) < 4.78 is 24.1. The molecule has 5 heteroatoms. The van der Waals surface area contributed by atoms with Crippen molar-refractivity contribution in [2.45, 2.75) is 48.9 Å². The first-order valence-electron chi connectivity index (χ1n) is 9.56. The van der Waals surface area contributed by atoms with Gasteiger partial charge in [0, 0.05) is 18.3 Å². The molecule has 2 bridgehead atoms. The van der Waals surface area contributed by atoms with E-state index in [-0.39, 0.29) is 29.2 Å². The first-order valence-corrected chi connectivity index (χ1v) is 11.5. The lowest BCUT2D eigenvalue weighted by molar-refractivity contribution is -0.136. The summed E-state index contributed by atoms with van der Waals surface area (Å²) >= 11 is 0. The zero-order valence-corrected chi connectivity index (χ0v) is 16.3. The van der Waals surface area contributed by atoms with E-state index in [1.54, 1.807) is 0 Å². The van der Waals surface area contributed by atoms with E-state index in [1.165, 1.54) is 6.26 Å². The van der Waals surface area contributed by atoms with E-state index in [0.717, 1.165) is 24.0 Å². The van der Waals surface area contributed by atoms with Gasteiger partial charge < -0.3 is 4.90 Å². The molecule has 4 nitrogen and oxygen atoms in total. The quantitative estimate of drug-likeness (QED) is 0.813. The molecule has 2 aromatic rings. The molecule has 0 N–H and O–H groups in total. The summed E-state index contributed by atoms with van der Waals surface area (Å²) in [6, 6.07) is 19.8. The van der Waals surface area contributed by atoms with Crippen molar-refractivity contribution in [2.75, 3.05) is 6.26 Å². The molecule has 2 aliphatic heterocycles. The van der Waals surface area contributed by atoms with Crippen molar-refractivity contribution < 1.29 is 13.2 Å². The fourth-order valence-electron chi connectivity index (χ4n) is 4.75. The van der Waals surface area contributed by atoms with E-state index in [2.05, 4.69) is 0 Å². The molecule has 0 aromatic heterocycles. The van der Waals surface area contributed by atoms with E-state index >= 15 is 0 Å². The van der Waals surface area contributed by atoms with Crippen LogP contribution in [0.5, 0.6) is 0 Å². The third-order valence-corrected chi connectivity index (χ3v) is 7.66. The monoisotopic (exact) mass is 383 g/mol. The highest BCUT2D eigenvalue weighted by atomic mass is 32.2. The van der Waals surface area contributed by atoms with Crippen LogP contribution >= 0.6 is 0 Å². The molecule has 2 heterocycles. The van der Waals surface area contributed by atoms with E-state index in [4.69, 9.17) is 0 Å². The van der Waals surface area contributed by atoms with Gasteiger partial charge >= 0.3 is 0 Å². The fourth-order valence-corrected chi connectivity index (χ4v) is 5.90. The maximum Gasteiger partial charge on any atom is 0.235 e. The molecule has 1 amide bonds. The highest BCUT2D eigenvalue weighted by Crippen LogP contribution is 2.41. The normalized spacial score (nSPS) is 25.0. The van der Waals surface area contributed by atoms with Crippen molar-refractivity contribution in [3.63, 3.8) is 0 Å². The van der Waals surface area contributed by atoms with Crippen LogP contribution in [0.3, 0.4) is 0 Å². The molecule has 2 aromatic carbocycles. The number of hydrogen-bond acceptors (Lipinski definition) is 3. The number of benzene rings is 2. The van der Waals surface area contributed by atoms with Crippen LogP contribution in [0.15, 0.2) is 60.7 Å². The van der Waals surface area contributed by atoms with Gasteiger partial charge in [-0.05, 0) is 36.8 Å². The highest BCUT2D eigenvalue weighted by molar-refractivity contribution is 7.91. The number of amides is 1. The molecule has 4 rings (SSSR count). The Bertz CT molecular complexity index is 858. The van der Waals surface area contributed by atoms with Gasteiger partial charge in [-0.3, -0.25) is 4.79 Å². The number of rotatable bonds is 4. The second-order valence-corrected chi connectivity index (χ2v) is 10.1. The van der Waals surface area contributed by atoms with Gasteiger partial charge in [0.05, 0.1) is 11.2 Å². The van der Waals surface area contributed by atoms with Crippen molar-refractivity contribution in [3.05, 3.63) is 71.8 Å². The first-order chi connectivity index (χ1) is 12.9. The van der Waals surface area contributed by atoms with Crippen LogP contribution in [0.2, 0.25) is 0 Å². The summed E-state index contributed by atoms with van der Waals surface area (Å²) in [6.07, 6.45) is 4.26. The van der Waals surface area contributed by atoms with Crippen LogP contribution in [-0.4, -0.2) is 42.8 Å². The minimum atomic E-state index is -3.06. The van der Waals surface area contributed by atoms with Crippen LogP contribution in [0.1, 0.15) is 42.7 Å². The highest BCUT2D eigenvalue weighted by Gasteiger charge is 2.47. The Kier molecular flexibility index (Phi) is 4.81. The molecule has 27 heavy (non-hydrogen) atoms. The van der Waals surface area contributed by atoms with Crippen LogP contribution in [0, 0.1) is 0 Å². The third-order valence-electron chi connectivity index (χ3n) is 6.06. The summed E-state index contributed by atoms with van der Waals surface area (Å²) in [6.45, 7) is 0. The summed E-state index contributed by atoms with van der Waals surface area (Å²) in [5.41, 5.74) is 1.97. The molecule has 2 fully saturated rings. The minimum Gasteiger partial charge on any atom is -0.336 e. The van der Waals surface area contributed by atoms with Crippen LogP contribution in [-0.2, 0) is 14.6 Å². The smallest absolute Gasteiger partial charge is 0.235 e. The van der Waals surface area contributed by atoms with Gasteiger partial charge in [0.1, 0.15) is 9.84 Å². The third kappa shape index (κ3) is 3.53. The lowest BCUT2D eigenvalue weighted by Crippen LogP contribution is -2.51. The summed E-state index contributed by atoms with van der Waals surface area (Å²) in [5.74, 6) is -0.239. The Morgan fingerprint density at radius 3 is 1.74 bits per heavy atom. The number of hydrogen-bond donors (Lipinski definition) is 0. The van der Waals surface area contributed by atoms with Gasteiger partial charge in [0.15, 0.2) is 0 Å². The van der Waals surface area contributed by atoms with E-state index in [0.29, 0.717) is 12.8 Å². The lowest BCUT2D eigenvalue weighted by atomic mass is 9.88. The number of nitrogens with zero attached hydrogens (tertiary/aromatic N) is 1. The van der Waals surface area contributed by atoms with Crippen molar-refractivity contribution in [3.8, 4) is 0 Å². The Morgan fingerprint density at radius 2 is 1.33 bits per heavy atom. The van der Waals surface area contributed by atoms with Crippen molar-refractivity contribution in [2.24, 2.45) is 0 Å². The fraction of sp³-hybridized carbons (Fsp3) is 0.409. The predicted molar refractivity (Wildman–Crippen MR) is 106 cm³/mol. The minimum absolute atomic E-state index is 0.0332. The van der Waals surface area contributed by atoms with Crippen LogP contribution in [0.25, 0.3) is 0 Å². The Labute approximate surface area is 161 Å². The second kappa shape index (κ2) is 7.12. The lowest BCUT2D eigenvalue weighted by Gasteiger charge is -2.40. The first kappa shape index (κ1) is 18.2. The zero-order valence-electron chi connectivity index (χ0n) is 15.5. The summed E-state index contributed by atoms with van der Waals surface area (Å²) in [5, 5.41) is -0.314. The van der Waals surface area contributed by atoms with Gasteiger partial charge in [0.2, 0.25) is 5.91 Å². The van der Waals surface area contributed by atoms with Gasteiger partial charge in [-0.25, -0.2) is 8.42 Å². The number of carbonyl (C=O) groups excluding carboxylic acids is 1. The molecule has 2 atom stereocenters. The van der Waals surface area contributed by atoms with Crippen LogP contribution < -0.4 is 0 Å². The zero-order chi connectivity index (χ0) is 19.0. The Balaban J connectivity index is 1.67. The van der Waals surface area contributed by atoms with Gasteiger partial charge in [-0.1, -0.05) is 60.7 Å². The molecule has 2 saturated heterocycles. The van der Waals surface area contributed by atoms with E-state index in [1.807, 2.05) is 65.6 Å². The predicted octanol–water partition coefficient (Wildman–Crippen LogP) is 3.39. The maximum atomic E-state index is 13.7. The van der Waals surface area contributed by atoms with Gasteiger partial charge in [0.25, 0.3) is 0 Å². The number of sulfone groups is 1. The SMILES string of the molecule is CS(=O)(=O)C1CC2CCC(C1)N2C(=O)C(c1ccccc1)c1ccccc1. The molecular weight excluding hydrogens is 358 g/mol. The van der Waals surface area contributed by atoms with Crippen LogP contribution in [0.4, 0.5) is 0 Å². The summed E-state index contributed by atoms with van der Waals surface area (Å²) in [4.78, 5) is 15.7. The van der Waals surface area contributed by atoms with E-state index < -0.39 is 9.84 Å². The molecule has 0 saturated carbocycles. The molecular formula is C22H25NO3S. The summed E-state index contributed by atoms with van der Waals surface area (Å²) in [7, 11) is -3.06. The number of piperidine rings is 1. The average molecular weight is 384 g/mol. The average Bonchev–Trinajstić information content (AvgIpc) is 2.92. The number of fused-ring (bicyclic) bond motifs is 2. The molecule has 142 valence electrons. The standard InChI is InChI=1S/C22H25NO3S/c1-27(25,26)20-14-18-12-13-19(15-20)23(18)22(24)21(16-8-4-2-5-9-16)17-10-6-3-7-11-17/h2-11,18-21H,12-15H2,1H3. The van der Waals surface area contributed by atoms with Crippen molar-refractivity contribution in [1.82, 2.24) is 4.90 Å². The molecule has 2 aliphatic rings. The Hall–Kier alpha value is -2.14. The molecule has 0 spiro atoms. The van der Waals surface area contributed by atoms with Crippen molar-refractivity contribution in [1.29, 1.82) is 0 Å².